The fourth-order valence-electron chi connectivity index (χ4n) is 2.13. The van der Waals surface area contributed by atoms with Crippen molar-refractivity contribution in [3.8, 4) is 0 Å². The van der Waals surface area contributed by atoms with Crippen molar-refractivity contribution in [2.45, 2.75) is 12.8 Å². The maximum Gasteiger partial charge on any atom is 0.256 e. The second-order valence-electron chi connectivity index (χ2n) is 4.86. The standard InChI is InChI=1S/C15H14N4O2S/c16-11-7-9(12-3-4-14(20)19-18-12)1-2-13(11)17-15(21)10-5-6-22-8-10/h1-2,5-8H,3-4,16H2,(H,17,21)(H,19,20). The number of thiophene rings is 1. The van der Waals surface area contributed by atoms with E-state index in [9.17, 15) is 9.59 Å². The van der Waals surface area contributed by atoms with Crippen LogP contribution >= 0.6 is 11.3 Å². The number of hydrogen-bond acceptors (Lipinski definition) is 5. The van der Waals surface area contributed by atoms with Crippen molar-refractivity contribution in [1.29, 1.82) is 0 Å². The molecule has 0 saturated carbocycles. The highest BCUT2D eigenvalue weighted by Crippen LogP contribution is 2.23. The summed E-state index contributed by atoms with van der Waals surface area (Å²) in [5.41, 5.74) is 11.7. The summed E-state index contributed by atoms with van der Waals surface area (Å²) < 4.78 is 0. The molecule has 0 radical (unpaired) electrons. The van der Waals surface area contributed by atoms with Gasteiger partial charge in [0.15, 0.2) is 0 Å². The number of nitrogen functional groups attached to an aromatic ring is 1. The summed E-state index contributed by atoms with van der Waals surface area (Å²) in [6.45, 7) is 0. The Hall–Kier alpha value is -2.67. The minimum Gasteiger partial charge on any atom is -0.397 e. The van der Waals surface area contributed by atoms with Gasteiger partial charge in [-0.1, -0.05) is 6.07 Å². The van der Waals surface area contributed by atoms with E-state index < -0.39 is 0 Å². The van der Waals surface area contributed by atoms with Crippen molar-refractivity contribution >= 4 is 40.2 Å². The predicted molar refractivity (Wildman–Crippen MR) is 87.0 cm³/mol. The molecule has 2 amide bonds. The molecule has 1 aliphatic rings. The summed E-state index contributed by atoms with van der Waals surface area (Å²) in [6.07, 6.45) is 0.987. The first-order valence-corrected chi connectivity index (χ1v) is 7.66. The van der Waals surface area contributed by atoms with Gasteiger partial charge in [-0.2, -0.15) is 16.4 Å². The highest BCUT2D eigenvalue weighted by atomic mass is 32.1. The fraction of sp³-hybridized carbons (Fsp3) is 0.133. The topological polar surface area (TPSA) is 96.6 Å². The van der Waals surface area contributed by atoms with Crippen molar-refractivity contribution in [1.82, 2.24) is 5.43 Å². The third-order valence-corrected chi connectivity index (χ3v) is 4.00. The molecular weight excluding hydrogens is 300 g/mol. The smallest absolute Gasteiger partial charge is 0.256 e. The highest BCUT2D eigenvalue weighted by molar-refractivity contribution is 7.08. The van der Waals surface area contributed by atoms with Gasteiger partial charge in [-0.3, -0.25) is 9.59 Å². The lowest BCUT2D eigenvalue weighted by molar-refractivity contribution is -0.121. The Bertz CT molecular complexity index is 753. The Morgan fingerprint density at radius 1 is 1.32 bits per heavy atom. The van der Waals surface area contributed by atoms with E-state index in [0.29, 0.717) is 29.8 Å². The lowest BCUT2D eigenvalue weighted by Crippen LogP contribution is -2.26. The summed E-state index contributed by atoms with van der Waals surface area (Å²) in [7, 11) is 0. The molecule has 0 atom stereocenters. The molecule has 1 aromatic heterocycles. The van der Waals surface area contributed by atoms with Gasteiger partial charge in [0.05, 0.1) is 22.6 Å². The van der Waals surface area contributed by atoms with E-state index in [-0.39, 0.29) is 11.8 Å². The van der Waals surface area contributed by atoms with Gasteiger partial charge in [0, 0.05) is 18.2 Å². The van der Waals surface area contributed by atoms with Crippen molar-refractivity contribution in [2.75, 3.05) is 11.1 Å². The number of amides is 2. The van der Waals surface area contributed by atoms with Crippen LogP contribution in [0.5, 0.6) is 0 Å². The number of anilines is 2. The molecule has 1 aliphatic heterocycles. The maximum atomic E-state index is 12.0. The molecule has 2 aromatic rings. The van der Waals surface area contributed by atoms with Gasteiger partial charge in [-0.25, -0.2) is 5.43 Å². The average Bonchev–Trinajstić information content (AvgIpc) is 3.04. The minimum absolute atomic E-state index is 0.0867. The molecule has 22 heavy (non-hydrogen) atoms. The van der Waals surface area contributed by atoms with E-state index in [1.165, 1.54) is 11.3 Å². The molecular formula is C15H14N4O2S. The quantitative estimate of drug-likeness (QED) is 0.758. The van der Waals surface area contributed by atoms with E-state index in [2.05, 4.69) is 15.8 Å². The number of benzene rings is 1. The van der Waals surface area contributed by atoms with Gasteiger partial charge in [0.1, 0.15) is 0 Å². The van der Waals surface area contributed by atoms with Gasteiger partial charge < -0.3 is 11.1 Å². The Kier molecular flexibility index (Phi) is 3.88. The monoisotopic (exact) mass is 314 g/mol. The third kappa shape index (κ3) is 2.99. The number of carbonyl (C=O) groups excluding carboxylic acids is 2. The van der Waals surface area contributed by atoms with Crippen LogP contribution in [-0.2, 0) is 4.79 Å². The van der Waals surface area contributed by atoms with Crippen LogP contribution in [0.2, 0.25) is 0 Å². The number of rotatable bonds is 3. The van der Waals surface area contributed by atoms with Crippen LogP contribution in [0, 0.1) is 0 Å². The maximum absolute atomic E-state index is 12.0. The molecule has 0 spiro atoms. The summed E-state index contributed by atoms with van der Waals surface area (Å²) in [4.78, 5) is 23.1. The Balaban J connectivity index is 1.78. The predicted octanol–water partition coefficient (Wildman–Crippen LogP) is 2.20. The van der Waals surface area contributed by atoms with Crippen LogP contribution in [0.15, 0.2) is 40.1 Å². The first-order chi connectivity index (χ1) is 10.6. The normalized spacial score (nSPS) is 14.2. The number of nitrogens with two attached hydrogens (primary N) is 1. The van der Waals surface area contributed by atoms with E-state index in [1.54, 1.807) is 23.6 Å². The largest absolute Gasteiger partial charge is 0.397 e. The van der Waals surface area contributed by atoms with Crippen LogP contribution in [0.3, 0.4) is 0 Å². The number of nitrogens with one attached hydrogen (secondary N) is 2. The molecule has 0 bridgehead atoms. The van der Waals surface area contributed by atoms with Crippen molar-refractivity contribution in [2.24, 2.45) is 5.10 Å². The molecule has 7 heteroatoms. The molecule has 0 aliphatic carbocycles. The lowest BCUT2D eigenvalue weighted by atomic mass is 10.0. The van der Waals surface area contributed by atoms with Crippen LogP contribution < -0.4 is 16.5 Å². The Morgan fingerprint density at radius 3 is 2.82 bits per heavy atom. The van der Waals surface area contributed by atoms with Crippen LogP contribution in [0.25, 0.3) is 0 Å². The van der Waals surface area contributed by atoms with Crippen molar-refractivity contribution in [3.05, 3.63) is 46.2 Å². The van der Waals surface area contributed by atoms with Crippen molar-refractivity contribution in [3.63, 3.8) is 0 Å². The summed E-state index contributed by atoms with van der Waals surface area (Å²) in [5, 5.41) is 10.4. The molecule has 2 heterocycles. The summed E-state index contributed by atoms with van der Waals surface area (Å²) in [6, 6.07) is 7.08. The van der Waals surface area contributed by atoms with E-state index in [0.717, 1.165) is 11.3 Å². The number of hydrogen-bond donors (Lipinski definition) is 3. The minimum atomic E-state index is -0.192. The Morgan fingerprint density at radius 2 is 2.18 bits per heavy atom. The zero-order valence-electron chi connectivity index (χ0n) is 11.6. The molecule has 4 N–H and O–H groups in total. The number of hydrazone groups is 1. The summed E-state index contributed by atoms with van der Waals surface area (Å²) in [5.74, 6) is -0.278. The Labute approximate surface area is 131 Å². The average molecular weight is 314 g/mol. The van der Waals surface area contributed by atoms with Crippen LogP contribution in [-0.4, -0.2) is 17.5 Å². The zero-order valence-corrected chi connectivity index (χ0v) is 12.4. The summed E-state index contributed by atoms with van der Waals surface area (Å²) >= 11 is 1.46. The second-order valence-corrected chi connectivity index (χ2v) is 5.64. The number of carbonyl (C=O) groups is 2. The lowest BCUT2D eigenvalue weighted by Gasteiger charge is -2.14. The molecule has 3 rings (SSSR count). The molecule has 1 aromatic carbocycles. The van der Waals surface area contributed by atoms with Gasteiger partial charge in [-0.15, -0.1) is 0 Å². The van der Waals surface area contributed by atoms with E-state index >= 15 is 0 Å². The third-order valence-electron chi connectivity index (χ3n) is 3.32. The zero-order chi connectivity index (χ0) is 15.5. The van der Waals surface area contributed by atoms with Crippen molar-refractivity contribution < 1.29 is 9.59 Å². The molecule has 0 saturated heterocycles. The van der Waals surface area contributed by atoms with Crippen LogP contribution in [0.1, 0.15) is 28.8 Å². The molecule has 6 nitrogen and oxygen atoms in total. The van der Waals surface area contributed by atoms with E-state index in [1.807, 2.05) is 11.4 Å². The highest BCUT2D eigenvalue weighted by Gasteiger charge is 2.15. The fourth-order valence-corrected chi connectivity index (χ4v) is 2.76. The van der Waals surface area contributed by atoms with Gasteiger partial charge >= 0.3 is 0 Å². The van der Waals surface area contributed by atoms with E-state index in [4.69, 9.17) is 5.73 Å². The first-order valence-electron chi connectivity index (χ1n) is 6.72. The first kappa shape index (κ1) is 14.3. The van der Waals surface area contributed by atoms with Gasteiger partial charge in [-0.05, 0) is 29.1 Å². The molecule has 0 unspecified atom stereocenters. The van der Waals surface area contributed by atoms with Gasteiger partial charge in [0.25, 0.3) is 5.91 Å². The van der Waals surface area contributed by atoms with Gasteiger partial charge in [0.2, 0.25) is 5.91 Å². The SMILES string of the molecule is Nc1cc(C2=NNC(=O)CC2)ccc1NC(=O)c1ccsc1. The number of nitrogens with zero attached hydrogens (tertiary/aromatic N) is 1. The second kappa shape index (κ2) is 5.98. The molecule has 112 valence electrons. The molecule has 0 fully saturated rings. The van der Waals surface area contributed by atoms with Crippen LogP contribution in [0.4, 0.5) is 11.4 Å².